The Morgan fingerprint density at radius 3 is 2.25 bits per heavy atom. The maximum Gasteiger partial charge on any atom is 0.387 e. The lowest BCUT2D eigenvalue weighted by molar-refractivity contribution is -0.126. The monoisotopic (exact) mass is 411 g/mol. The van der Waals surface area contributed by atoms with Crippen LogP contribution in [-0.4, -0.2) is 57.9 Å². The van der Waals surface area contributed by atoms with Gasteiger partial charge in [0.25, 0.3) is 5.91 Å². The fourth-order valence-electron chi connectivity index (χ4n) is 2.47. The van der Waals surface area contributed by atoms with E-state index in [4.69, 9.17) is 9.47 Å². The second-order valence-corrected chi connectivity index (χ2v) is 6.71. The van der Waals surface area contributed by atoms with Crippen LogP contribution >= 0.6 is 11.3 Å². The molecule has 0 aliphatic heterocycles. The van der Waals surface area contributed by atoms with Gasteiger partial charge in [0.1, 0.15) is 5.75 Å². The van der Waals surface area contributed by atoms with Crippen molar-refractivity contribution in [2.24, 2.45) is 0 Å². The highest BCUT2D eigenvalue weighted by Crippen LogP contribution is 2.26. The summed E-state index contributed by atoms with van der Waals surface area (Å²) in [6.07, 6.45) is 1.74. The molecule has 0 atom stereocenters. The first kappa shape index (κ1) is 22.0. The number of ether oxygens (including phenoxy) is 3. The van der Waals surface area contributed by atoms with Gasteiger partial charge in [-0.2, -0.15) is 8.78 Å². The maximum atomic E-state index is 13.2. The standard InChI is InChI=1S/C20H23F2NO4S/c1-25-11-9-23(10-12-26-2)19(24)17(18-4-3-13-28-18)14-15-5-7-16(8-6-15)27-20(21)22/h3-8,13-14,20H,9-12H2,1-2H3. The zero-order valence-corrected chi connectivity index (χ0v) is 16.6. The third-order valence-electron chi connectivity index (χ3n) is 3.85. The Morgan fingerprint density at radius 2 is 1.75 bits per heavy atom. The summed E-state index contributed by atoms with van der Waals surface area (Å²) in [5.41, 5.74) is 1.22. The van der Waals surface area contributed by atoms with Crippen LogP contribution in [0.4, 0.5) is 8.78 Å². The van der Waals surface area contributed by atoms with Gasteiger partial charge >= 0.3 is 6.61 Å². The molecular weight excluding hydrogens is 388 g/mol. The number of alkyl halides is 2. The average Bonchev–Trinajstić information content (AvgIpc) is 3.21. The Balaban J connectivity index is 2.30. The number of carbonyl (C=O) groups excluding carboxylic acids is 1. The number of hydrogen-bond acceptors (Lipinski definition) is 5. The number of halogens is 2. The average molecular weight is 411 g/mol. The first-order chi connectivity index (χ1) is 13.5. The summed E-state index contributed by atoms with van der Waals surface area (Å²) < 4.78 is 39.2. The van der Waals surface area contributed by atoms with Crippen molar-refractivity contribution in [3.05, 3.63) is 52.2 Å². The molecule has 0 saturated heterocycles. The largest absolute Gasteiger partial charge is 0.435 e. The Kier molecular flexibility index (Phi) is 9.06. The molecule has 0 aliphatic carbocycles. The van der Waals surface area contributed by atoms with Gasteiger partial charge in [0.05, 0.1) is 18.8 Å². The van der Waals surface area contributed by atoms with Gasteiger partial charge in [-0.15, -0.1) is 11.3 Å². The number of hydrogen-bond donors (Lipinski definition) is 0. The van der Waals surface area contributed by atoms with Crippen LogP contribution < -0.4 is 4.74 Å². The number of amides is 1. The number of methoxy groups -OCH3 is 2. The lowest BCUT2D eigenvalue weighted by Crippen LogP contribution is -2.36. The first-order valence-corrected chi connectivity index (χ1v) is 9.50. The predicted octanol–water partition coefficient (Wildman–Crippen LogP) is 4.01. The fraction of sp³-hybridized carbons (Fsp3) is 0.350. The Bertz CT molecular complexity index is 740. The number of thiophene rings is 1. The van der Waals surface area contributed by atoms with Crippen molar-refractivity contribution in [1.82, 2.24) is 4.90 Å². The topological polar surface area (TPSA) is 48.0 Å². The minimum absolute atomic E-state index is 0.0676. The minimum Gasteiger partial charge on any atom is -0.435 e. The van der Waals surface area contributed by atoms with E-state index in [0.29, 0.717) is 37.4 Å². The van der Waals surface area contributed by atoms with Gasteiger partial charge in [-0.3, -0.25) is 4.79 Å². The highest BCUT2D eigenvalue weighted by atomic mass is 32.1. The van der Waals surface area contributed by atoms with Gasteiger partial charge in [0, 0.05) is 32.2 Å². The molecule has 2 aromatic rings. The van der Waals surface area contributed by atoms with Crippen molar-refractivity contribution in [3.63, 3.8) is 0 Å². The van der Waals surface area contributed by atoms with E-state index in [1.165, 1.54) is 23.5 Å². The molecule has 8 heteroatoms. The third kappa shape index (κ3) is 6.70. The van der Waals surface area contributed by atoms with Gasteiger partial charge in [-0.05, 0) is 35.2 Å². The van der Waals surface area contributed by atoms with Crippen molar-refractivity contribution in [3.8, 4) is 5.75 Å². The number of benzene rings is 1. The van der Waals surface area contributed by atoms with Crippen molar-refractivity contribution < 1.29 is 27.8 Å². The Labute approximate surface area is 167 Å². The molecule has 1 aromatic carbocycles. The molecule has 28 heavy (non-hydrogen) atoms. The second kappa shape index (κ2) is 11.5. The molecule has 5 nitrogen and oxygen atoms in total. The Morgan fingerprint density at radius 1 is 1.11 bits per heavy atom. The lowest BCUT2D eigenvalue weighted by Gasteiger charge is -2.23. The van der Waals surface area contributed by atoms with Crippen molar-refractivity contribution in [2.75, 3.05) is 40.5 Å². The molecule has 0 fully saturated rings. The van der Waals surface area contributed by atoms with Gasteiger partial charge in [-0.1, -0.05) is 18.2 Å². The highest BCUT2D eigenvalue weighted by Gasteiger charge is 2.20. The molecule has 152 valence electrons. The maximum absolute atomic E-state index is 13.2. The van der Waals surface area contributed by atoms with Gasteiger partial charge in [0.15, 0.2) is 0 Å². The Hall–Kier alpha value is -2.29. The van der Waals surface area contributed by atoms with Crippen LogP contribution in [0.1, 0.15) is 10.4 Å². The van der Waals surface area contributed by atoms with E-state index < -0.39 is 6.61 Å². The van der Waals surface area contributed by atoms with Gasteiger partial charge < -0.3 is 19.1 Å². The van der Waals surface area contributed by atoms with Crippen LogP contribution in [0, 0.1) is 0 Å². The number of carbonyl (C=O) groups is 1. The zero-order chi connectivity index (χ0) is 20.4. The molecule has 1 aromatic heterocycles. The third-order valence-corrected chi connectivity index (χ3v) is 4.75. The normalized spacial score (nSPS) is 11.7. The SMILES string of the molecule is COCCN(CCOC)C(=O)C(=Cc1ccc(OC(F)F)cc1)c1cccs1. The van der Waals surface area contributed by atoms with Crippen LogP contribution in [-0.2, 0) is 14.3 Å². The molecule has 0 radical (unpaired) electrons. The molecule has 0 saturated carbocycles. The summed E-state index contributed by atoms with van der Waals surface area (Å²) in [5, 5.41) is 1.89. The summed E-state index contributed by atoms with van der Waals surface area (Å²) in [5.74, 6) is -0.0811. The van der Waals surface area contributed by atoms with Crippen LogP contribution in [0.2, 0.25) is 0 Å². The minimum atomic E-state index is -2.88. The predicted molar refractivity (Wildman–Crippen MR) is 106 cm³/mol. The van der Waals surface area contributed by atoms with Crippen molar-refractivity contribution >= 4 is 28.9 Å². The van der Waals surface area contributed by atoms with E-state index in [-0.39, 0.29) is 11.7 Å². The van der Waals surface area contributed by atoms with E-state index in [0.717, 1.165) is 4.88 Å². The number of rotatable bonds is 11. The van der Waals surface area contributed by atoms with E-state index in [9.17, 15) is 13.6 Å². The molecule has 2 rings (SSSR count). The fourth-order valence-corrected chi connectivity index (χ4v) is 3.20. The first-order valence-electron chi connectivity index (χ1n) is 8.62. The van der Waals surface area contributed by atoms with E-state index >= 15 is 0 Å². The summed E-state index contributed by atoms with van der Waals surface area (Å²) in [4.78, 5) is 15.7. The molecular formula is C20H23F2NO4S. The van der Waals surface area contributed by atoms with Crippen LogP contribution in [0.5, 0.6) is 5.75 Å². The number of nitrogens with zero attached hydrogens (tertiary/aromatic N) is 1. The van der Waals surface area contributed by atoms with Crippen molar-refractivity contribution in [1.29, 1.82) is 0 Å². The molecule has 0 N–H and O–H groups in total. The van der Waals surface area contributed by atoms with E-state index in [1.54, 1.807) is 37.3 Å². The van der Waals surface area contributed by atoms with E-state index in [2.05, 4.69) is 4.74 Å². The van der Waals surface area contributed by atoms with Crippen LogP contribution in [0.25, 0.3) is 11.6 Å². The molecule has 0 bridgehead atoms. The zero-order valence-electron chi connectivity index (χ0n) is 15.8. The molecule has 0 aliphatic rings. The van der Waals surface area contributed by atoms with Gasteiger partial charge in [0.2, 0.25) is 0 Å². The second-order valence-electron chi connectivity index (χ2n) is 5.76. The van der Waals surface area contributed by atoms with Crippen LogP contribution in [0.15, 0.2) is 41.8 Å². The van der Waals surface area contributed by atoms with Gasteiger partial charge in [-0.25, -0.2) is 0 Å². The van der Waals surface area contributed by atoms with Crippen molar-refractivity contribution in [2.45, 2.75) is 6.61 Å². The molecule has 1 heterocycles. The van der Waals surface area contributed by atoms with E-state index in [1.807, 2.05) is 17.5 Å². The highest BCUT2D eigenvalue weighted by molar-refractivity contribution is 7.11. The smallest absolute Gasteiger partial charge is 0.387 e. The molecule has 0 unspecified atom stereocenters. The summed E-state index contributed by atoms with van der Waals surface area (Å²) in [6, 6.07) is 9.90. The summed E-state index contributed by atoms with van der Waals surface area (Å²) in [6.45, 7) is -1.19. The summed E-state index contributed by atoms with van der Waals surface area (Å²) in [7, 11) is 3.16. The lowest BCUT2D eigenvalue weighted by atomic mass is 10.1. The summed E-state index contributed by atoms with van der Waals surface area (Å²) >= 11 is 1.45. The quantitative estimate of drug-likeness (QED) is 0.524. The molecule has 0 spiro atoms. The van der Waals surface area contributed by atoms with Crippen LogP contribution in [0.3, 0.4) is 0 Å². The molecule has 1 amide bonds.